The van der Waals surface area contributed by atoms with E-state index in [9.17, 15) is 24.8 Å². The van der Waals surface area contributed by atoms with Gasteiger partial charge in [-0.25, -0.2) is 9.59 Å². The molecule has 0 atom stereocenters. The summed E-state index contributed by atoms with van der Waals surface area (Å²) in [5, 5.41) is 22.5. The molecule has 0 aliphatic rings. The monoisotopic (exact) mass is 413 g/mol. The Morgan fingerprint density at radius 3 is 2.21 bits per heavy atom. The van der Waals surface area contributed by atoms with Crippen molar-refractivity contribution in [1.29, 1.82) is 0 Å². The van der Waals surface area contributed by atoms with Crippen molar-refractivity contribution in [2.75, 3.05) is 44.4 Å². The fourth-order valence-electron chi connectivity index (χ4n) is 2.11. The molecule has 0 unspecified atom stereocenters. The Morgan fingerprint density at radius 1 is 1.10 bits per heavy atom. The molecule has 0 aliphatic heterocycles. The second kappa shape index (κ2) is 11.8. The fourth-order valence-corrected chi connectivity index (χ4v) is 2.11. The molecule has 1 aromatic rings. The number of hydrogen-bond acceptors (Lipinski definition) is 7. The van der Waals surface area contributed by atoms with Crippen LogP contribution >= 0.6 is 0 Å². The number of nitro benzene ring substituents is 1. The van der Waals surface area contributed by atoms with Gasteiger partial charge < -0.3 is 24.6 Å². The summed E-state index contributed by atoms with van der Waals surface area (Å²) in [4.78, 5) is 33.9. The number of hydrogen-bond donors (Lipinski definition) is 2. The molecule has 0 heterocycles. The number of ether oxygens (including phenoxy) is 3. The van der Waals surface area contributed by atoms with Crippen LogP contribution in [0.5, 0.6) is 0 Å². The van der Waals surface area contributed by atoms with Gasteiger partial charge in [0.15, 0.2) is 0 Å². The summed E-state index contributed by atoms with van der Waals surface area (Å²) in [5.41, 5.74) is -0.360. The van der Waals surface area contributed by atoms with E-state index in [0.717, 1.165) is 4.90 Å². The molecule has 29 heavy (non-hydrogen) atoms. The Balaban J connectivity index is 2.19. The molecule has 0 fully saturated rings. The molecule has 1 aromatic carbocycles. The van der Waals surface area contributed by atoms with Crippen molar-refractivity contribution in [3.63, 3.8) is 0 Å². The molecule has 11 nitrogen and oxygen atoms in total. The topological polar surface area (TPSA) is 140 Å². The van der Waals surface area contributed by atoms with Crippen LogP contribution in [-0.2, 0) is 14.2 Å². The maximum Gasteiger partial charge on any atom is 0.411 e. The second-order valence-electron chi connectivity index (χ2n) is 6.86. The van der Waals surface area contributed by atoms with Crippen LogP contribution in [0.3, 0.4) is 0 Å². The van der Waals surface area contributed by atoms with E-state index in [1.54, 1.807) is 20.8 Å². The van der Waals surface area contributed by atoms with Gasteiger partial charge in [0.25, 0.3) is 5.69 Å². The lowest BCUT2D eigenvalue weighted by Gasteiger charge is -2.19. The van der Waals surface area contributed by atoms with E-state index in [0.29, 0.717) is 12.2 Å². The molecule has 162 valence electrons. The summed E-state index contributed by atoms with van der Waals surface area (Å²) in [7, 11) is 0. The Bertz CT molecular complexity index is 673. The van der Waals surface area contributed by atoms with Crippen LogP contribution in [0.2, 0.25) is 0 Å². The fraction of sp³-hybridized carbons (Fsp3) is 0.556. The summed E-state index contributed by atoms with van der Waals surface area (Å²) in [6.45, 7) is 6.61. The average molecular weight is 413 g/mol. The first kappa shape index (κ1) is 24.1. The van der Waals surface area contributed by atoms with Gasteiger partial charge in [-0.3, -0.25) is 15.0 Å². The lowest BCUT2D eigenvalue weighted by atomic mass is 10.2. The first-order chi connectivity index (χ1) is 13.6. The predicted molar refractivity (Wildman–Crippen MR) is 104 cm³/mol. The van der Waals surface area contributed by atoms with Gasteiger partial charge in [0.2, 0.25) is 0 Å². The van der Waals surface area contributed by atoms with Crippen molar-refractivity contribution in [3.05, 3.63) is 34.4 Å². The summed E-state index contributed by atoms with van der Waals surface area (Å²) in [6.07, 6.45) is -1.70. The largest absolute Gasteiger partial charge is 0.465 e. The van der Waals surface area contributed by atoms with Crippen molar-refractivity contribution in [3.8, 4) is 0 Å². The van der Waals surface area contributed by atoms with Crippen LogP contribution in [0.25, 0.3) is 0 Å². The molecule has 0 aliphatic carbocycles. The molecule has 0 saturated heterocycles. The van der Waals surface area contributed by atoms with E-state index in [-0.39, 0.29) is 38.7 Å². The maximum absolute atomic E-state index is 11.4. The minimum absolute atomic E-state index is 0.0628. The molecule has 2 N–H and O–H groups in total. The molecule has 0 bridgehead atoms. The van der Waals surface area contributed by atoms with Gasteiger partial charge in [-0.05, 0) is 32.9 Å². The average Bonchev–Trinajstić information content (AvgIpc) is 2.61. The number of carbonyl (C=O) groups excluding carboxylic acids is 1. The number of amides is 2. The second-order valence-corrected chi connectivity index (χ2v) is 6.86. The Hall–Kier alpha value is -2.92. The molecule has 0 saturated carbocycles. The number of nitrogens with one attached hydrogen (secondary N) is 1. The van der Waals surface area contributed by atoms with Crippen LogP contribution in [0.1, 0.15) is 20.8 Å². The van der Waals surface area contributed by atoms with Crippen LogP contribution in [0.4, 0.5) is 21.0 Å². The molecule has 0 spiro atoms. The molecular weight excluding hydrogens is 386 g/mol. The highest BCUT2D eigenvalue weighted by molar-refractivity contribution is 5.86. The zero-order valence-electron chi connectivity index (χ0n) is 16.8. The summed E-state index contributed by atoms with van der Waals surface area (Å²) in [5.74, 6) is 0. The Kier molecular flexibility index (Phi) is 9.83. The van der Waals surface area contributed by atoms with Gasteiger partial charge >= 0.3 is 12.2 Å². The smallest absolute Gasteiger partial charge is 0.411 e. The molecule has 1 rings (SSSR count). The van der Waals surface area contributed by atoms with Crippen molar-refractivity contribution in [1.82, 2.24) is 5.32 Å². The highest BCUT2D eigenvalue weighted by Crippen LogP contribution is 2.19. The van der Waals surface area contributed by atoms with Gasteiger partial charge in [0, 0.05) is 24.4 Å². The van der Waals surface area contributed by atoms with E-state index in [1.807, 2.05) is 0 Å². The Morgan fingerprint density at radius 2 is 1.69 bits per heavy atom. The lowest BCUT2D eigenvalue weighted by molar-refractivity contribution is -0.384. The van der Waals surface area contributed by atoms with Crippen molar-refractivity contribution in [2.45, 2.75) is 26.4 Å². The maximum atomic E-state index is 11.4. The molecular formula is C18H27N3O8. The zero-order valence-corrected chi connectivity index (χ0v) is 16.8. The normalized spacial score (nSPS) is 11.0. The number of anilines is 1. The highest BCUT2D eigenvalue weighted by Gasteiger charge is 2.16. The van der Waals surface area contributed by atoms with Crippen LogP contribution < -0.4 is 10.2 Å². The minimum Gasteiger partial charge on any atom is -0.465 e. The third-order valence-electron chi connectivity index (χ3n) is 3.35. The number of nitrogens with zero attached hydrogens (tertiary/aromatic N) is 2. The van der Waals surface area contributed by atoms with Gasteiger partial charge in [-0.15, -0.1) is 0 Å². The van der Waals surface area contributed by atoms with Crippen LogP contribution in [-0.4, -0.2) is 67.3 Å². The third kappa shape index (κ3) is 10.3. The highest BCUT2D eigenvalue weighted by atomic mass is 16.6. The quantitative estimate of drug-likeness (QED) is 0.320. The van der Waals surface area contributed by atoms with E-state index in [1.165, 1.54) is 24.3 Å². The summed E-state index contributed by atoms with van der Waals surface area (Å²) < 4.78 is 15.7. The number of non-ortho nitro benzene ring substituents is 1. The van der Waals surface area contributed by atoms with Crippen molar-refractivity contribution in [2.24, 2.45) is 0 Å². The lowest BCUT2D eigenvalue weighted by Crippen LogP contribution is -2.34. The zero-order chi connectivity index (χ0) is 21.9. The molecule has 0 radical (unpaired) electrons. The van der Waals surface area contributed by atoms with Crippen molar-refractivity contribution >= 4 is 23.6 Å². The van der Waals surface area contributed by atoms with Crippen LogP contribution in [0.15, 0.2) is 24.3 Å². The van der Waals surface area contributed by atoms with Gasteiger partial charge in [0.1, 0.15) is 5.60 Å². The number of carboxylic acid groups (broad SMARTS) is 1. The third-order valence-corrected chi connectivity index (χ3v) is 3.35. The summed E-state index contributed by atoms with van der Waals surface area (Å²) >= 11 is 0. The van der Waals surface area contributed by atoms with Gasteiger partial charge in [0.05, 0.1) is 37.9 Å². The van der Waals surface area contributed by atoms with E-state index in [2.05, 4.69) is 5.32 Å². The molecule has 2 amide bonds. The number of rotatable bonds is 11. The summed E-state index contributed by atoms with van der Waals surface area (Å²) in [6, 6.07) is 5.22. The van der Waals surface area contributed by atoms with E-state index >= 15 is 0 Å². The van der Waals surface area contributed by atoms with Crippen molar-refractivity contribution < 1.29 is 33.8 Å². The van der Waals surface area contributed by atoms with E-state index < -0.39 is 22.7 Å². The van der Waals surface area contributed by atoms with Gasteiger partial charge in [-0.2, -0.15) is 0 Å². The predicted octanol–water partition coefficient (Wildman–Crippen LogP) is 2.64. The standard InChI is InChI=1S/C18H27N3O8/c1-18(2,3)29-16(22)19-8-10-27-12-13-28-11-9-20(17(23)24)14-4-6-15(7-5-14)21(25)26/h4-7H,8-13H2,1-3H3,(H,19,22)(H,23,24). The molecule has 11 heteroatoms. The van der Waals surface area contributed by atoms with Gasteiger partial charge in [-0.1, -0.05) is 0 Å². The number of carbonyl (C=O) groups is 2. The first-order valence-corrected chi connectivity index (χ1v) is 8.97. The SMILES string of the molecule is CC(C)(C)OC(=O)NCCOCCOCCN(C(=O)O)c1ccc([N+](=O)[O-])cc1. The molecule has 0 aromatic heterocycles. The van der Waals surface area contributed by atoms with E-state index in [4.69, 9.17) is 14.2 Å². The first-order valence-electron chi connectivity index (χ1n) is 8.97. The minimum atomic E-state index is -1.19. The number of benzene rings is 1. The number of alkyl carbamates (subject to hydrolysis) is 1. The van der Waals surface area contributed by atoms with Crippen LogP contribution in [0, 0.1) is 10.1 Å². The number of nitro groups is 1. The Labute approximate surface area is 168 Å².